The summed E-state index contributed by atoms with van der Waals surface area (Å²) < 4.78 is 10.6. The fraction of sp³-hybridized carbons (Fsp3) is 0.133. The van der Waals surface area contributed by atoms with Crippen LogP contribution >= 0.6 is 0 Å². The first-order valence-electron chi connectivity index (χ1n) is 5.92. The van der Waals surface area contributed by atoms with Gasteiger partial charge >= 0.3 is 0 Å². The number of nitrogen functional groups attached to an aromatic ring is 1. The monoisotopic (exact) mass is 252 g/mol. The molecule has 1 heterocycles. The largest absolute Gasteiger partial charge is 0.454 e. The van der Waals surface area contributed by atoms with Crippen LogP contribution in [-0.2, 0) is 0 Å². The van der Waals surface area contributed by atoms with Crippen LogP contribution in [0.25, 0.3) is 0 Å². The molecule has 0 saturated heterocycles. The lowest BCUT2D eigenvalue weighted by Gasteiger charge is -2.11. The van der Waals surface area contributed by atoms with Crippen LogP contribution in [0.4, 0.5) is 5.69 Å². The predicted octanol–water partition coefficient (Wildman–Crippen LogP) is 2.65. The van der Waals surface area contributed by atoms with Crippen LogP contribution in [0.15, 0.2) is 42.5 Å². The number of benzene rings is 2. The second kappa shape index (κ2) is 4.54. The average Bonchev–Trinajstić information content (AvgIpc) is 2.89. The number of fused-ring (bicyclic) bond motifs is 1. The Balaban J connectivity index is 1.99. The first kappa shape index (κ1) is 11.4. The molecular formula is C15H12N2O2. The van der Waals surface area contributed by atoms with Crippen LogP contribution in [0, 0.1) is 11.3 Å². The number of anilines is 1. The Morgan fingerprint density at radius 1 is 1.00 bits per heavy atom. The van der Waals surface area contributed by atoms with Crippen molar-refractivity contribution < 1.29 is 9.47 Å². The third-order valence-corrected chi connectivity index (χ3v) is 3.13. The summed E-state index contributed by atoms with van der Waals surface area (Å²) in [4.78, 5) is 0. The van der Waals surface area contributed by atoms with E-state index in [1.807, 2.05) is 30.3 Å². The minimum absolute atomic E-state index is 0.234. The molecule has 19 heavy (non-hydrogen) atoms. The summed E-state index contributed by atoms with van der Waals surface area (Å²) in [6.45, 7) is 0.234. The molecule has 1 unspecified atom stereocenters. The lowest BCUT2D eigenvalue weighted by atomic mass is 9.92. The first-order valence-corrected chi connectivity index (χ1v) is 5.92. The van der Waals surface area contributed by atoms with Crippen molar-refractivity contribution in [3.8, 4) is 17.6 Å². The van der Waals surface area contributed by atoms with E-state index in [1.165, 1.54) is 0 Å². The van der Waals surface area contributed by atoms with Crippen LogP contribution in [0.5, 0.6) is 11.5 Å². The van der Waals surface area contributed by atoms with E-state index in [2.05, 4.69) is 6.07 Å². The highest BCUT2D eigenvalue weighted by molar-refractivity contribution is 5.50. The second-order valence-electron chi connectivity index (χ2n) is 4.34. The Morgan fingerprint density at radius 2 is 1.68 bits per heavy atom. The van der Waals surface area contributed by atoms with Gasteiger partial charge in [0.05, 0.1) is 12.0 Å². The topological polar surface area (TPSA) is 68.3 Å². The minimum Gasteiger partial charge on any atom is -0.454 e. The van der Waals surface area contributed by atoms with E-state index in [0.717, 1.165) is 16.9 Å². The molecule has 0 spiro atoms. The zero-order chi connectivity index (χ0) is 13.2. The number of nitrogens with zero attached hydrogens (tertiary/aromatic N) is 1. The van der Waals surface area contributed by atoms with Crippen LogP contribution in [-0.4, -0.2) is 6.79 Å². The highest BCUT2D eigenvalue weighted by atomic mass is 16.7. The van der Waals surface area contributed by atoms with Gasteiger partial charge in [0.2, 0.25) is 6.79 Å². The van der Waals surface area contributed by atoms with Crippen molar-refractivity contribution in [1.29, 1.82) is 5.26 Å². The van der Waals surface area contributed by atoms with E-state index in [4.69, 9.17) is 15.2 Å². The van der Waals surface area contributed by atoms with Crippen molar-refractivity contribution in [3.05, 3.63) is 53.6 Å². The Kier molecular flexibility index (Phi) is 2.73. The molecule has 4 heteroatoms. The van der Waals surface area contributed by atoms with Gasteiger partial charge in [-0.05, 0) is 35.4 Å². The first-order chi connectivity index (χ1) is 9.28. The molecule has 2 N–H and O–H groups in total. The van der Waals surface area contributed by atoms with Crippen molar-refractivity contribution in [2.24, 2.45) is 0 Å². The smallest absolute Gasteiger partial charge is 0.231 e. The highest BCUT2D eigenvalue weighted by Gasteiger charge is 2.19. The van der Waals surface area contributed by atoms with Crippen LogP contribution in [0.1, 0.15) is 17.0 Å². The number of hydrogen-bond donors (Lipinski definition) is 1. The van der Waals surface area contributed by atoms with E-state index in [1.54, 1.807) is 12.1 Å². The summed E-state index contributed by atoms with van der Waals surface area (Å²) in [6.07, 6.45) is 0. The van der Waals surface area contributed by atoms with Gasteiger partial charge in [-0.1, -0.05) is 18.2 Å². The Labute approximate surface area is 111 Å². The summed E-state index contributed by atoms with van der Waals surface area (Å²) in [7, 11) is 0. The molecule has 1 aliphatic rings. The lowest BCUT2D eigenvalue weighted by Crippen LogP contribution is -1.98. The zero-order valence-corrected chi connectivity index (χ0v) is 10.2. The average molecular weight is 252 g/mol. The molecule has 1 atom stereocenters. The normalized spacial score (nSPS) is 13.8. The molecule has 0 amide bonds. The van der Waals surface area contributed by atoms with Crippen molar-refractivity contribution in [2.75, 3.05) is 12.5 Å². The van der Waals surface area contributed by atoms with Crippen molar-refractivity contribution in [1.82, 2.24) is 0 Å². The number of nitrogens with two attached hydrogens (primary N) is 1. The highest BCUT2D eigenvalue weighted by Crippen LogP contribution is 2.36. The predicted molar refractivity (Wildman–Crippen MR) is 70.9 cm³/mol. The van der Waals surface area contributed by atoms with E-state index in [9.17, 15) is 5.26 Å². The summed E-state index contributed by atoms with van der Waals surface area (Å²) in [6, 6.07) is 15.2. The Hall–Kier alpha value is -2.67. The van der Waals surface area contributed by atoms with Gasteiger partial charge in [0.25, 0.3) is 0 Å². The van der Waals surface area contributed by atoms with Gasteiger partial charge in [0.1, 0.15) is 0 Å². The maximum absolute atomic E-state index is 9.40. The van der Waals surface area contributed by atoms with E-state index in [0.29, 0.717) is 11.4 Å². The molecule has 0 aromatic heterocycles. The minimum atomic E-state index is -0.338. The number of rotatable bonds is 2. The molecule has 3 rings (SSSR count). The number of nitriles is 1. The third-order valence-electron chi connectivity index (χ3n) is 3.13. The molecule has 0 saturated carbocycles. The molecule has 1 aliphatic heterocycles. The van der Waals surface area contributed by atoms with E-state index >= 15 is 0 Å². The zero-order valence-electron chi connectivity index (χ0n) is 10.2. The number of hydrogen-bond acceptors (Lipinski definition) is 4. The van der Waals surface area contributed by atoms with Crippen molar-refractivity contribution in [2.45, 2.75) is 5.92 Å². The van der Waals surface area contributed by atoms with Crippen LogP contribution in [0.3, 0.4) is 0 Å². The van der Waals surface area contributed by atoms with Gasteiger partial charge in [-0.3, -0.25) is 0 Å². The number of ether oxygens (including phenoxy) is 2. The van der Waals surface area contributed by atoms with E-state index in [-0.39, 0.29) is 12.7 Å². The van der Waals surface area contributed by atoms with Crippen LogP contribution < -0.4 is 15.2 Å². The molecule has 2 aromatic carbocycles. The Morgan fingerprint density at radius 3 is 2.42 bits per heavy atom. The van der Waals surface area contributed by atoms with Crippen molar-refractivity contribution in [3.63, 3.8) is 0 Å². The SMILES string of the molecule is N#CC(c1ccc(N)cc1)c1ccc2c(c1)OCO2. The Bertz CT molecular complexity index is 644. The maximum atomic E-state index is 9.40. The molecule has 0 bridgehead atoms. The summed E-state index contributed by atoms with van der Waals surface area (Å²) in [5.41, 5.74) is 8.15. The van der Waals surface area contributed by atoms with Gasteiger partial charge in [0.15, 0.2) is 11.5 Å². The standard InChI is InChI=1S/C15H12N2O2/c16-8-13(10-1-4-12(17)5-2-10)11-3-6-14-15(7-11)19-9-18-14/h1-7,13H,9,17H2. The lowest BCUT2D eigenvalue weighted by molar-refractivity contribution is 0.174. The molecule has 0 aliphatic carbocycles. The molecule has 0 fully saturated rings. The molecular weight excluding hydrogens is 240 g/mol. The molecule has 0 radical (unpaired) electrons. The van der Waals surface area contributed by atoms with Gasteiger partial charge < -0.3 is 15.2 Å². The third kappa shape index (κ3) is 2.06. The second-order valence-corrected chi connectivity index (χ2v) is 4.34. The van der Waals surface area contributed by atoms with Crippen LogP contribution in [0.2, 0.25) is 0 Å². The summed E-state index contributed by atoms with van der Waals surface area (Å²) in [5.74, 6) is 1.07. The summed E-state index contributed by atoms with van der Waals surface area (Å²) >= 11 is 0. The fourth-order valence-corrected chi connectivity index (χ4v) is 2.12. The van der Waals surface area contributed by atoms with Gasteiger partial charge in [-0.25, -0.2) is 0 Å². The summed E-state index contributed by atoms with van der Waals surface area (Å²) in [5, 5.41) is 9.40. The molecule has 4 nitrogen and oxygen atoms in total. The van der Waals surface area contributed by atoms with Crippen molar-refractivity contribution >= 4 is 5.69 Å². The quantitative estimate of drug-likeness (QED) is 0.834. The molecule has 94 valence electrons. The van der Waals surface area contributed by atoms with E-state index < -0.39 is 0 Å². The van der Waals surface area contributed by atoms with Gasteiger partial charge in [-0.15, -0.1) is 0 Å². The fourth-order valence-electron chi connectivity index (χ4n) is 2.12. The maximum Gasteiger partial charge on any atom is 0.231 e. The van der Waals surface area contributed by atoms with Gasteiger partial charge in [0, 0.05) is 5.69 Å². The van der Waals surface area contributed by atoms with Gasteiger partial charge in [-0.2, -0.15) is 5.26 Å². The molecule has 2 aromatic rings.